The number of hydrogen-bond donors (Lipinski definition) is 0. The van der Waals surface area contributed by atoms with Crippen LogP contribution < -0.4 is 9.80 Å². The van der Waals surface area contributed by atoms with Gasteiger partial charge in [-0.05, 0) is 34.1 Å². The Morgan fingerprint density at radius 1 is 1.00 bits per heavy atom. The summed E-state index contributed by atoms with van der Waals surface area (Å²) in [6.07, 6.45) is 1.70. The van der Waals surface area contributed by atoms with Crippen molar-refractivity contribution >= 4 is 39.0 Å². The predicted molar refractivity (Wildman–Crippen MR) is 87.8 cm³/mol. The second kappa shape index (κ2) is 6.02. The number of nitrogens with zero attached hydrogens (tertiary/aromatic N) is 3. The van der Waals surface area contributed by atoms with Crippen LogP contribution >= 0.6 is 27.5 Å². The zero-order chi connectivity index (χ0) is 13.9. The zero-order valence-electron chi connectivity index (χ0n) is 11.0. The van der Waals surface area contributed by atoms with Gasteiger partial charge in [0.15, 0.2) is 0 Å². The lowest BCUT2D eigenvalue weighted by molar-refractivity contribution is 0.646. The molecule has 0 N–H and O–H groups in total. The van der Waals surface area contributed by atoms with Crippen molar-refractivity contribution in [3.05, 3.63) is 52.1 Å². The number of halogens is 2. The van der Waals surface area contributed by atoms with Gasteiger partial charge in [-0.25, -0.2) is 4.98 Å². The van der Waals surface area contributed by atoms with Crippen LogP contribution in [-0.4, -0.2) is 31.2 Å². The number of piperazine rings is 1. The van der Waals surface area contributed by atoms with Crippen molar-refractivity contribution in [2.75, 3.05) is 36.0 Å². The molecule has 0 aliphatic carbocycles. The molecule has 0 bridgehead atoms. The molecular formula is C15H15BrClN3. The molecule has 0 saturated carbocycles. The predicted octanol–water partition coefficient (Wildman–Crippen LogP) is 3.82. The Balaban J connectivity index is 1.69. The van der Waals surface area contributed by atoms with E-state index < -0.39 is 0 Å². The number of rotatable bonds is 2. The Hall–Kier alpha value is -1.26. The van der Waals surface area contributed by atoms with Crippen LogP contribution in [0.1, 0.15) is 0 Å². The summed E-state index contributed by atoms with van der Waals surface area (Å²) in [5.41, 5.74) is 1.29. The molecule has 0 amide bonds. The molecule has 3 rings (SSSR count). The first-order valence-corrected chi connectivity index (χ1v) is 7.77. The molecule has 3 nitrogen and oxygen atoms in total. The molecule has 0 radical (unpaired) electrons. The molecule has 1 aliphatic heterocycles. The third kappa shape index (κ3) is 2.91. The second-order valence-electron chi connectivity index (χ2n) is 4.77. The molecule has 20 heavy (non-hydrogen) atoms. The van der Waals surface area contributed by atoms with Gasteiger partial charge in [0.1, 0.15) is 5.82 Å². The number of aromatic nitrogens is 1. The lowest BCUT2D eigenvalue weighted by Gasteiger charge is -2.37. The van der Waals surface area contributed by atoms with Crippen LogP contribution in [0, 0.1) is 0 Å². The van der Waals surface area contributed by atoms with E-state index in [1.807, 2.05) is 6.07 Å². The van der Waals surface area contributed by atoms with Crippen LogP contribution in [0.2, 0.25) is 5.02 Å². The first kappa shape index (κ1) is 13.7. The minimum atomic E-state index is 0.656. The molecule has 1 aromatic carbocycles. The maximum Gasteiger partial charge on any atom is 0.143 e. The minimum absolute atomic E-state index is 0.656. The van der Waals surface area contributed by atoms with E-state index in [9.17, 15) is 0 Å². The van der Waals surface area contributed by atoms with Crippen molar-refractivity contribution in [1.29, 1.82) is 0 Å². The molecule has 1 aliphatic rings. The van der Waals surface area contributed by atoms with Crippen molar-refractivity contribution in [2.45, 2.75) is 0 Å². The van der Waals surface area contributed by atoms with Gasteiger partial charge < -0.3 is 9.80 Å². The smallest absolute Gasteiger partial charge is 0.143 e. The maximum atomic E-state index is 5.94. The highest BCUT2D eigenvalue weighted by Gasteiger charge is 2.19. The fraction of sp³-hybridized carbons (Fsp3) is 0.267. The molecular weight excluding hydrogens is 338 g/mol. The fourth-order valence-electron chi connectivity index (χ4n) is 2.46. The summed E-state index contributed by atoms with van der Waals surface area (Å²) >= 11 is 9.48. The highest BCUT2D eigenvalue weighted by Crippen LogP contribution is 2.27. The van der Waals surface area contributed by atoms with Crippen molar-refractivity contribution in [2.24, 2.45) is 0 Å². The first-order chi connectivity index (χ1) is 9.74. The minimum Gasteiger partial charge on any atom is -0.368 e. The number of benzene rings is 1. The zero-order valence-corrected chi connectivity index (χ0v) is 13.3. The van der Waals surface area contributed by atoms with Crippen molar-refractivity contribution < 1.29 is 0 Å². The number of para-hydroxylation sites is 1. The summed E-state index contributed by atoms with van der Waals surface area (Å²) in [5.74, 6) is 0.974. The molecule has 1 aromatic heterocycles. The normalized spacial score (nSPS) is 15.5. The largest absolute Gasteiger partial charge is 0.368 e. The van der Waals surface area contributed by atoms with Gasteiger partial charge >= 0.3 is 0 Å². The monoisotopic (exact) mass is 351 g/mol. The molecule has 0 spiro atoms. The topological polar surface area (TPSA) is 19.4 Å². The van der Waals surface area contributed by atoms with Gasteiger partial charge in [0.05, 0.1) is 9.50 Å². The van der Waals surface area contributed by atoms with Crippen LogP contribution in [0.3, 0.4) is 0 Å². The van der Waals surface area contributed by atoms with Crippen LogP contribution in [0.15, 0.2) is 47.1 Å². The Morgan fingerprint density at radius 3 is 2.30 bits per heavy atom. The number of anilines is 2. The van der Waals surface area contributed by atoms with E-state index in [4.69, 9.17) is 11.6 Å². The Morgan fingerprint density at radius 2 is 1.65 bits per heavy atom. The average molecular weight is 353 g/mol. The van der Waals surface area contributed by atoms with Gasteiger partial charge in [0, 0.05) is 38.1 Å². The average Bonchev–Trinajstić information content (AvgIpc) is 2.48. The van der Waals surface area contributed by atoms with Crippen LogP contribution in [-0.2, 0) is 0 Å². The standard InChI is InChI=1S/C15H15BrClN3/c16-14-10-12(17)11-18-15(14)20-8-6-19(7-9-20)13-4-2-1-3-5-13/h1-5,10-11H,6-9H2. The summed E-state index contributed by atoms with van der Waals surface area (Å²) < 4.78 is 0.957. The molecule has 2 heterocycles. The van der Waals surface area contributed by atoms with Gasteiger partial charge in [-0.1, -0.05) is 29.8 Å². The van der Waals surface area contributed by atoms with E-state index in [-0.39, 0.29) is 0 Å². The summed E-state index contributed by atoms with van der Waals surface area (Å²) in [7, 11) is 0. The molecule has 1 fully saturated rings. The van der Waals surface area contributed by atoms with E-state index in [0.717, 1.165) is 36.5 Å². The van der Waals surface area contributed by atoms with E-state index in [1.54, 1.807) is 6.20 Å². The van der Waals surface area contributed by atoms with Crippen LogP contribution in [0.4, 0.5) is 11.5 Å². The van der Waals surface area contributed by atoms with Crippen molar-refractivity contribution in [3.63, 3.8) is 0 Å². The third-order valence-corrected chi connectivity index (χ3v) is 4.28. The quantitative estimate of drug-likeness (QED) is 0.819. The number of hydrogen-bond acceptors (Lipinski definition) is 3. The third-order valence-electron chi connectivity index (χ3n) is 3.49. The molecule has 104 valence electrons. The van der Waals surface area contributed by atoms with Crippen molar-refractivity contribution in [1.82, 2.24) is 4.98 Å². The highest BCUT2D eigenvalue weighted by molar-refractivity contribution is 9.10. The summed E-state index contributed by atoms with van der Waals surface area (Å²) in [6, 6.07) is 12.4. The van der Waals surface area contributed by atoms with E-state index in [0.29, 0.717) is 5.02 Å². The van der Waals surface area contributed by atoms with Gasteiger partial charge in [-0.15, -0.1) is 0 Å². The summed E-state index contributed by atoms with van der Waals surface area (Å²) in [6.45, 7) is 3.92. The van der Waals surface area contributed by atoms with Gasteiger partial charge in [-0.2, -0.15) is 0 Å². The van der Waals surface area contributed by atoms with Crippen LogP contribution in [0.5, 0.6) is 0 Å². The molecule has 0 atom stereocenters. The molecule has 1 saturated heterocycles. The van der Waals surface area contributed by atoms with Gasteiger partial charge in [0.25, 0.3) is 0 Å². The molecule has 0 unspecified atom stereocenters. The van der Waals surface area contributed by atoms with Gasteiger partial charge in [0.2, 0.25) is 0 Å². The SMILES string of the molecule is Clc1cnc(N2CCN(c3ccccc3)CC2)c(Br)c1. The summed E-state index contributed by atoms with van der Waals surface area (Å²) in [4.78, 5) is 9.12. The Labute approximate surface area is 132 Å². The Kier molecular flexibility index (Phi) is 4.13. The molecule has 2 aromatic rings. The first-order valence-electron chi connectivity index (χ1n) is 6.60. The maximum absolute atomic E-state index is 5.94. The molecule has 5 heteroatoms. The van der Waals surface area contributed by atoms with E-state index >= 15 is 0 Å². The fourth-order valence-corrected chi connectivity index (χ4v) is 3.34. The van der Waals surface area contributed by atoms with Crippen molar-refractivity contribution in [3.8, 4) is 0 Å². The van der Waals surface area contributed by atoms with Crippen LogP contribution in [0.25, 0.3) is 0 Å². The Bertz CT molecular complexity index is 583. The van der Waals surface area contributed by atoms with E-state index in [2.05, 4.69) is 61.0 Å². The number of pyridine rings is 1. The lowest BCUT2D eigenvalue weighted by atomic mass is 10.2. The van der Waals surface area contributed by atoms with E-state index in [1.165, 1.54) is 5.69 Å². The van der Waals surface area contributed by atoms with Gasteiger partial charge in [-0.3, -0.25) is 0 Å². The summed E-state index contributed by atoms with van der Waals surface area (Å²) in [5, 5.41) is 0.656. The highest BCUT2D eigenvalue weighted by atomic mass is 79.9. The lowest BCUT2D eigenvalue weighted by Crippen LogP contribution is -2.46. The second-order valence-corrected chi connectivity index (χ2v) is 6.06.